The summed E-state index contributed by atoms with van der Waals surface area (Å²) in [5.74, 6) is 0.667. The average molecular weight is 413 g/mol. The molecular formula is C25H28N6. The van der Waals surface area contributed by atoms with E-state index in [0.29, 0.717) is 12.0 Å². The molecule has 1 fully saturated rings. The van der Waals surface area contributed by atoms with Crippen LogP contribution in [0.25, 0.3) is 28.2 Å². The van der Waals surface area contributed by atoms with Gasteiger partial charge in [-0.05, 0) is 68.4 Å². The van der Waals surface area contributed by atoms with E-state index in [1.165, 1.54) is 5.56 Å². The Bertz CT molecular complexity index is 1200. The lowest BCUT2D eigenvalue weighted by Crippen LogP contribution is -2.43. The highest BCUT2D eigenvalue weighted by Gasteiger charge is 2.27. The molecule has 158 valence electrons. The van der Waals surface area contributed by atoms with E-state index in [-0.39, 0.29) is 5.54 Å². The summed E-state index contributed by atoms with van der Waals surface area (Å²) in [5.41, 5.74) is 12.3. The van der Waals surface area contributed by atoms with Crippen molar-refractivity contribution in [3.8, 4) is 22.5 Å². The van der Waals surface area contributed by atoms with Crippen molar-refractivity contribution < 1.29 is 0 Å². The summed E-state index contributed by atoms with van der Waals surface area (Å²) in [6, 6.07) is 14.9. The van der Waals surface area contributed by atoms with Gasteiger partial charge in [0.05, 0.1) is 17.6 Å². The molecule has 1 aromatic carbocycles. The number of anilines is 1. The quantitative estimate of drug-likeness (QED) is 0.501. The Morgan fingerprint density at radius 1 is 1.00 bits per heavy atom. The third kappa shape index (κ3) is 4.03. The summed E-state index contributed by atoms with van der Waals surface area (Å²) in [6.45, 7) is 4.18. The van der Waals surface area contributed by atoms with Gasteiger partial charge in [0.1, 0.15) is 5.65 Å². The van der Waals surface area contributed by atoms with Crippen LogP contribution in [-0.4, -0.2) is 30.9 Å². The number of pyridine rings is 1. The van der Waals surface area contributed by atoms with Crippen LogP contribution in [0.15, 0.2) is 61.1 Å². The molecule has 1 saturated carbocycles. The minimum absolute atomic E-state index is 0.0511. The molecule has 3 N–H and O–H groups in total. The van der Waals surface area contributed by atoms with Crippen molar-refractivity contribution in [2.45, 2.75) is 51.1 Å². The summed E-state index contributed by atoms with van der Waals surface area (Å²) < 4.78 is 2.11. The first-order valence-electron chi connectivity index (χ1n) is 10.9. The van der Waals surface area contributed by atoms with Crippen molar-refractivity contribution in [2.75, 3.05) is 5.32 Å². The van der Waals surface area contributed by atoms with Crippen LogP contribution in [0.4, 0.5) is 5.95 Å². The number of hydrogen-bond donors (Lipinski definition) is 2. The number of nitrogens with one attached hydrogen (secondary N) is 1. The summed E-state index contributed by atoms with van der Waals surface area (Å²) >= 11 is 0. The Kier molecular flexibility index (Phi) is 4.94. The highest BCUT2D eigenvalue weighted by molar-refractivity contribution is 5.69. The van der Waals surface area contributed by atoms with Gasteiger partial charge in [-0.25, -0.2) is 15.0 Å². The van der Waals surface area contributed by atoms with Gasteiger partial charge in [0, 0.05) is 24.0 Å². The second-order valence-electron chi connectivity index (χ2n) is 8.95. The van der Waals surface area contributed by atoms with E-state index >= 15 is 0 Å². The van der Waals surface area contributed by atoms with Crippen LogP contribution < -0.4 is 11.1 Å². The lowest BCUT2D eigenvalue weighted by atomic mass is 9.82. The standard InChI is InChI=1S/C25H28N6/c1-17-14-28-24(29-20-10-12-25(2,26)13-11-20)30-23(17)21-15-27-22-9-8-19(16-31(21)22)18-6-4-3-5-7-18/h3-9,14-16,20H,10-13,26H2,1-2H3,(H,28,29,30). The zero-order valence-corrected chi connectivity index (χ0v) is 18.0. The highest BCUT2D eigenvalue weighted by atomic mass is 15.1. The minimum Gasteiger partial charge on any atom is -0.351 e. The summed E-state index contributed by atoms with van der Waals surface area (Å²) in [7, 11) is 0. The first-order valence-corrected chi connectivity index (χ1v) is 10.9. The third-order valence-corrected chi connectivity index (χ3v) is 6.29. The zero-order chi connectivity index (χ0) is 21.4. The van der Waals surface area contributed by atoms with Crippen LogP contribution in [-0.2, 0) is 0 Å². The molecule has 3 aromatic heterocycles. The largest absolute Gasteiger partial charge is 0.351 e. The molecule has 0 aliphatic heterocycles. The average Bonchev–Trinajstić information content (AvgIpc) is 3.20. The van der Waals surface area contributed by atoms with E-state index in [0.717, 1.165) is 53.8 Å². The van der Waals surface area contributed by atoms with E-state index in [9.17, 15) is 0 Å². The van der Waals surface area contributed by atoms with Crippen LogP contribution in [0.3, 0.4) is 0 Å². The Balaban J connectivity index is 1.48. The van der Waals surface area contributed by atoms with E-state index < -0.39 is 0 Å². The molecule has 1 aliphatic carbocycles. The number of aromatic nitrogens is 4. The van der Waals surface area contributed by atoms with Crippen molar-refractivity contribution >= 4 is 11.6 Å². The number of imidazole rings is 1. The molecule has 6 heteroatoms. The first kappa shape index (κ1) is 19.7. The van der Waals surface area contributed by atoms with E-state index in [1.54, 1.807) is 0 Å². The van der Waals surface area contributed by atoms with Crippen LogP contribution >= 0.6 is 0 Å². The van der Waals surface area contributed by atoms with Gasteiger partial charge in [-0.3, -0.25) is 4.40 Å². The lowest BCUT2D eigenvalue weighted by Gasteiger charge is -2.34. The molecule has 0 unspecified atom stereocenters. The monoisotopic (exact) mass is 412 g/mol. The minimum atomic E-state index is -0.0511. The normalized spacial score (nSPS) is 21.3. The molecule has 6 nitrogen and oxygen atoms in total. The number of aryl methyl sites for hydroxylation is 1. The maximum absolute atomic E-state index is 6.28. The maximum Gasteiger partial charge on any atom is 0.223 e. The molecule has 3 heterocycles. The summed E-state index contributed by atoms with van der Waals surface area (Å²) in [5, 5.41) is 3.53. The third-order valence-electron chi connectivity index (χ3n) is 6.29. The number of nitrogens with zero attached hydrogens (tertiary/aromatic N) is 4. The second kappa shape index (κ2) is 7.78. The Morgan fingerprint density at radius 2 is 1.77 bits per heavy atom. The fourth-order valence-electron chi connectivity index (χ4n) is 4.33. The van der Waals surface area contributed by atoms with Crippen LogP contribution in [0.1, 0.15) is 38.2 Å². The van der Waals surface area contributed by atoms with Gasteiger partial charge in [0.15, 0.2) is 0 Å². The first-order chi connectivity index (χ1) is 15.0. The van der Waals surface area contributed by atoms with Gasteiger partial charge in [-0.15, -0.1) is 0 Å². The smallest absolute Gasteiger partial charge is 0.223 e. The van der Waals surface area contributed by atoms with Gasteiger partial charge in [-0.2, -0.15) is 0 Å². The SMILES string of the molecule is Cc1cnc(NC2CCC(C)(N)CC2)nc1-c1cnc2ccc(-c3ccccc3)cn12. The molecule has 4 aromatic rings. The van der Waals surface area contributed by atoms with Gasteiger partial charge in [0.2, 0.25) is 5.95 Å². The number of benzene rings is 1. The second-order valence-corrected chi connectivity index (χ2v) is 8.95. The molecule has 1 aliphatic rings. The van der Waals surface area contributed by atoms with Crippen molar-refractivity contribution in [2.24, 2.45) is 5.73 Å². The van der Waals surface area contributed by atoms with Crippen molar-refractivity contribution in [3.63, 3.8) is 0 Å². The van der Waals surface area contributed by atoms with Crippen molar-refractivity contribution in [1.29, 1.82) is 0 Å². The Hall–Kier alpha value is -3.25. The van der Waals surface area contributed by atoms with Gasteiger partial charge in [-0.1, -0.05) is 30.3 Å². The van der Waals surface area contributed by atoms with E-state index in [1.807, 2.05) is 31.5 Å². The van der Waals surface area contributed by atoms with E-state index in [4.69, 9.17) is 10.7 Å². The van der Waals surface area contributed by atoms with Gasteiger partial charge in [0.25, 0.3) is 0 Å². The number of hydrogen-bond acceptors (Lipinski definition) is 5. The van der Waals surface area contributed by atoms with Crippen molar-refractivity contribution in [1.82, 2.24) is 19.4 Å². The number of rotatable bonds is 4. The number of nitrogens with two attached hydrogens (primary N) is 1. The Morgan fingerprint density at radius 3 is 2.55 bits per heavy atom. The molecule has 0 saturated heterocycles. The molecule has 31 heavy (non-hydrogen) atoms. The predicted molar refractivity (Wildman–Crippen MR) is 125 cm³/mol. The zero-order valence-electron chi connectivity index (χ0n) is 18.0. The topological polar surface area (TPSA) is 81.1 Å². The Labute approximate surface area is 182 Å². The highest BCUT2D eigenvalue weighted by Crippen LogP contribution is 2.29. The van der Waals surface area contributed by atoms with Gasteiger partial charge < -0.3 is 11.1 Å². The molecule has 0 atom stereocenters. The molecule has 0 bridgehead atoms. The lowest BCUT2D eigenvalue weighted by molar-refractivity contribution is 0.305. The molecule has 5 rings (SSSR count). The maximum atomic E-state index is 6.28. The van der Waals surface area contributed by atoms with Crippen LogP contribution in [0, 0.1) is 6.92 Å². The fourth-order valence-corrected chi connectivity index (χ4v) is 4.33. The molecule has 0 spiro atoms. The number of fused-ring (bicyclic) bond motifs is 1. The predicted octanol–water partition coefficient (Wildman–Crippen LogP) is 4.84. The van der Waals surface area contributed by atoms with Gasteiger partial charge >= 0.3 is 0 Å². The molecular weight excluding hydrogens is 384 g/mol. The van der Waals surface area contributed by atoms with Crippen LogP contribution in [0.2, 0.25) is 0 Å². The van der Waals surface area contributed by atoms with Crippen molar-refractivity contribution in [3.05, 3.63) is 66.6 Å². The molecule has 0 radical (unpaired) electrons. The van der Waals surface area contributed by atoms with Crippen LogP contribution in [0.5, 0.6) is 0 Å². The summed E-state index contributed by atoms with van der Waals surface area (Å²) in [6.07, 6.45) is 10.0. The van der Waals surface area contributed by atoms with E-state index in [2.05, 4.69) is 63.1 Å². The molecule has 0 amide bonds. The fraction of sp³-hybridized carbons (Fsp3) is 0.320. The summed E-state index contributed by atoms with van der Waals surface area (Å²) in [4.78, 5) is 14.0.